The van der Waals surface area contributed by atoms with Crippen LogP contribution in [0.3, 0.4) is 0 Å². The zero-order valence-electron chi connectivity index (χ0n) is 7.70. The molecule has 0 fully saturated rings. The first-order valence-corrected chi connectivity index (χ1v) is 4.00. The summed E-state index contributed by atoms with van der Waals surface area (Å²) in [7, 11) is 1.90. The Kier molecular flexibility index (Phi) is 2.65. The largest absolute Gasteiger partial charge is 0.352 e. The van der Waals surface area contributed by atoms with Gasteiger partial charge in [-0.05, 0) is 13.8 Å². The molecular formula is C7H15N5. The van der Waals surface area contributed by atoms with Crippen molar-refractivity contribution < 1.29 is 0 Å². The van der Waals surface area contributed by atoms with Crippen LogP contribution in [0.5, 0.6) is 0 Å². The number of nitrogens with two attached hydrogens (primary N) is 1. The first-order chi connectivity index (χ1) is 5.65. The van der Waals surface area contributed by atoms with E-state index in [1.54, 1.807) is 0 Å². The third-order valence-corrected chi connectivity index (χ3v) is 1.57. The highest BCUT2D eigenvalue weighted by Gasteiger charge is 2.06. The summed E-state index contributed by atoms with van der Waals surface area (Å²) in [5.41, 5.74) is 5.44. The van der Waals surface area contributed by atoms with E-state index in [-0.39, 0.29) is 0 Å². The maximum atomic E-state index is 5.44. The second-order valence-electron chi connectivity index (χ2n) is 3.00. The fourth-order valence-electron chi connectivity index (χ4n) is 0.923. The normalized spacial score (nSPS) is 10.8. The van der Waals surface area contributed by atoms with Gasteiger partial charge in [-0.1, -0.05) is 0 Å². The van der Waals surface area contributed by atoms with Gasteiger partial charge in [-0.3, -0.25) is 4.57 Å². The van der Waals surface area contributed by atoms with Crippen molar-refractivity contribution in [2.45, 2.75) is 26.4 Å². The molecule has 5 nitrogen and oxygen atoms in total. The summed E-state index contributed by atoms with van der Waals surface area (Å²) >= 11 is 0. The van der Waals surface area contributed by atoms with Gasteiger partial charge in [-0.15, -0.1) is 10.2 Å². The van der Waals surface area contributed by atoms with E-state index in [4.69, 9.17) is 5.73 Å². The van der Waals surface area contributed by atoms with Crippen LogP contribution < -0.4 is 11.1 Å². The van der Waals surface area contributed by atoms with E-state index >= 15 is 0 Å². The Morgan fingerprint density at radius 1 is 1.50 bits per heavy atom. The Morgan fingerprint density at radius 2 is 2.17 bits per heavy atom. The molecule has 0 saturated heterocycles. The van der Waals surface area contributed by atoms with Crippen molar-refractivity contribution >= 4 is 5.95 Å². The molecule has 0 amide bonds. The molecule has 0 aliphatic heterocycles. The molecule has 0 spiro atoms. The number of nitrogens with zero attached hydrogens (tertiary/aromatic N) is 3. The van der Waals surface area contributed by atoms with E-state index in [1.807, 2.05) is 11.6 Å². The number of nitrogens with one attached hydrogen (secondary N) is 1. The van der Waals surface area contributed by atoms with Gasteiger partial charge in [0, 0.05) is 13.1 Å². The number of hydrogen-bond donors (Lipinski definition) is 2. The summed E-state index contributed by atoms with van der Waals surface area (Å²) < 4.78 is 1.86. The summed E-state index contributed by atoms with van der Waals surface area (Å²) in [6.07, 6.45) is 0. The molecule has 0 aliphatic rings. The average Bonchev–Trinajstić information content (AvgIpc) is 2.32. The first kappa shape index (κ1) is 8.99. The van der Waals surface area contributed by atoms with Crippen molar-refractivity contribution in [3.8, 4) is 0 Å². The van der Waals surface area contributed by atoms with Crippen molar-refractivity contribution in [3.63, 3.8) is 0 Å². The molecule has 0 aliphatic carbocycles. The lowest BCUT2D eigenvalue weighted by molar-refractivity contribution is 0.780. The predicted molar refractivity (Wildman–Crippen MR) is 47.7 cm³/mol. The minimum Gasteiger partial charge on any atom is -0.352 e. The van der Waals surface area contributed by atoms with Gasteiger partial charge in [-0.2, -0.15) is 0 Å². The highest BCUT2D eigenvalue weighted by atomic mass is 15.3. The highest BCUT2D eigenvalue weighted by Crippen LogP contribution is 2.04. The molecule has 0 radical (unpaired) electrons. The van der Waals surface area contributed by atoms with Crippen LogP contribution >= 0.6 is 0 Å². The number of hydrogen-bond acceptors (Lipinski definition) is 4. The maximum Gasteiger partial charge on any atom is 0.224 e. The summed E-state index contributed by atoms with van der Waals surface area (Å²) in [4.78, 5) is 0. The minimum atomic E-state index is 0.360. The van der Waals surface area contributed by atoms with Gasteiger partial charge in [-0.25, -0.2) is 0 Å². The molecule has 1 aromatic heterocycles. The highest BCUT2D eigenvalue weighted by molar-refractivity contribution is 5.26. The van der Waals surface area contributed by atoms with Gasteiger partial charge in [0.25, 0.3) is 0 Å². The number of anilines is 1. The fraction of sp³-hybridized carbons (Fsp3) is 0.714. The third kappa shape index (κ3) is 1.73. The van der Waals surface area contributed by atoms with Crippen molar-refractivity contribution in [2.75, 3.05) is 5.32 Å². The van der Waals surface area contributed by atoms with Crippen LogP contribution in [0, 0.1) is 0 Å². The van der Waals surface area contributed by atoms with Crippen LogP contribution in [0.2, 0.25) is 0 Å². The van der Waals surface area contributed by atoms with Gasteiger partial charge < -0.3 is 11.1 Å². The molecule has 12 heavy (non-hydrogen) atoms. The second kappa shape index (κ2) is 3.53. The summed E-state index contributed by atoms with van der Waals surface area (Å²) in [5.74, 6) is 1.56. The molecule has 1 rings (SSSR count). The van der Waals surface area contributed by atoms with E-state index < -0.39 is 0 Å². The van der Waals surface area contributed by atoms with E-state index in [2.05, 4.69) is 29.4 Å². The average molecular weight is 169 g/mol. The van der Waals surface area contributed by atoms with Crippen LogP contribution in [0.1, 0.15) is 19.7 Å². The quantitative estimate of drug-likeness (QED) is 0.673. The van der Waals surface area contributed by atoms with Crippen LogP contribution in [0.25, 0.3) is 0 Å². The van der Waals surface area contributed by atoms with Gasteiger partial charge in [0.1, 0.15) is 5.82 Å². The Bertz CT molecular complexity index is 252. The Labute approximate surface area is 72.0 Å². The molecule has 0 saturated carbocycles. The zero-order valence-corrected chi connectivity index (χ0v) is 7.70. The van der Waals surface area contributed by atoms with E-state index in [9.17, 15) is 0 Å². The lowest BCUT2D eigenvalue weighted by Gasteiger charge is -2.08. The predicted octanol–water partition coefficient (Wildman–Crippen LogP) is 0.0941. The Balaban J connectivity index is 2.80. The number of aromatic nitrogens is 3. The first-order valence-electron chi connectivity index (χ1n) is 4.00. The fourth-order valence-corrected chi connectivity index (χ4v) is 0.923. The van der Waals surface area contributed by atoms with Crippen LogP contribution in [0.15, 0.2) is 0 Å². The molecule has 3 N–H and O–H groups in total. The van der Waals surface area contributed by atoms with Gasteiger partial charge in [0.05, 0.1) is 6.54 Å². The second-order valence-corrected chi connectivity index (χ2v) is 3.00. The van der Waals surface area contributed by atoms with Gasteiger partial charge in [0.15, 0.2) is 0 Å². The van der Waals surface area contributed by atoms with Gasteiger partial charge >= 0.3 is 0 Å². The number of rotatable bonds is 3. The third-order valence-electron chi connectivity index (χ3n) is 1.57. The molecule has 5 heteroatoms. The van der Waals surface area contributed by atoms with E-state index in [0.29, 0.717) is 12.6 Å². The standard InChI is InChI=1S/C7H15N5/c1-5(2)9-7-11-10-6(4-8)12(7)3/h5H,4,8H2,1-3H3,(H,9,11). The van der Waals surface area contributed by atoms with Crippen molar-refractivity contribution in [2.24, 2.45) is 12.8 Å². The molecule has 0 aromatic carbocycles. The van der Waals surface area contributed by atoms with Crippen LogP contribution in [0.4, 0.5) is 5.95 Å². The Hall–Kier alpha value is -1.10. The molecule has 1 heterocycles. The Morgan fingerprint density at radius 3 is 2.58 bits per heavy atom. The van der Waals surface area contributed by atoms with E-state index in [0.717, 1.165) is 11.8 Å². The molecule has 0 bridgehead atoms. The summed E-state index contributed by atoms with van der Waals surface area (Å²) in [6.45, 7) is 4.52. The maximum absolute atomic E-state index is 5.44. The van der Waals surface area contributed by atoms with Crippen molar-refractivity contribution in [1.29, 1.82) is 0 Å². The smallest absolute Gasteiger partial charge is 0.224 e. The summed E-state index contributed by atoms with van der Waals surface area (Å²) in [6, 6.07) is 0.360. The zero-order chi connectivity index (χ0) is 9.14. The van der Waals surface area contributed by atoms with Crippen LogP contribution in [-0.4, -0.2) is 20.8 Å². The molecule has 0 unspecified atom stereocenters. The monoisotopic (exact) mass is 169 g/mol. The van der Waals surface area contributed by atoms with Gasteiger partial charge in [0.2, 0.25) is 5.95 Å². The van der Waals surface area contributed by atoms with Crippen molar-refractivity contribution in [3.05, 3.63) is 5.82 Å². The lowest BCUT2D eigenvalue weighted by Crippen LogP contribution is -2.14. The minimum absolute atomic E-state index is 0.360. The van der Waals surface area contributed by atoms with Crippen LogP contribution in [-0.2, 0) is 13.6 Å². The van der Waals surface area contributed by atoms with Crippen molar-refractivity contribution in [1.82, 2.24) is 14.8 Å². The SMILES string of the molecule is CC(C)Nc1nnc(CN)n1C. The topological polar surface area (TPSA) is 68.8 Å². The molecule has 68 valence electrons. The molecule has 0 atom stereocenters. The lowest BCUT2D eigenvalue weighted by atomic mass is 10.4. The summed E-state index contributed by atoms with van der Waals surface area (Å²) in [5, 5.41) is 11.0. The molecular weight excluding hydrogens is 154 g/mol. The van der Waals surface area contributed by atoms with E-state index in [1.165, 1.54) is 0 Å². The molecule has 1 aromatic rings.